The molecule has 0 unspecified atom stereocenters. The molecule has 7 heteroatoms. The Morgan fingerprint density at radius 2 is 1.50 bits per heavy atom. The first-order valence-electron chi connectivity index (χ1n) is 9.21. The van der Waals surface area contributed by atoms with Gasteiger partial charge < -0.3 is 10.1 Å². The molecule has 30 heavy (non-hydrogen) atoms. The average molecular weight is 400 g/mol. The number of fused-ring (bicyclic) bond motifs is 2. The highest BCUT2D eigenvalue weighted by molar-refractivity contribution is 6.28. The number of ether oxygens (including phenoxy) is 1. The van der Waals surface area contributed by atoms with Crippen LogP contribution in [0.25, 0.3) is 0 Å². The molecule has 7 nitrogen and oxygen atoms in total. The van der Waals surface area contributed by atoms with E-state index in [1.165, 1.54) is 37.4 Å². The van der Waals surface area contributed by atoms with Gasteiger partial charge in [0.2, 0.25) is 0 Å². The van der Waals surface area contributed by atoms with Crippen LogP contribution in [0, 0.1) is 0 Å². The lowest BCUT2D eigenvalue weighted by Gasteiger charge is -2.19. The summed E-state index contributed by atoms with van der Waals surface area (Å²) in [5.74, 6) is -1.82. The molecule has 1 heterocycles. The van der Waals surface area contributed by atoms with Gasteiger partial charge in [0.05, 0.1) is 0 Å². The number of carbonyl (C=O) groups excluding carboxylic acids is 4. The number of rotatable bonds is 4. The molecule has 3 aromatic rings. The van der Waals surface area contributed by atoms with Gasteiger partial charge in [-0.25, -0.2) is 9.78 Å². The Morgan fingerprint density at radius 3 is 2.17 bits per heavy atom. The molecule has 0 saturated carbocycles. The van der Waals surface area contributed by atoms with E-state index in [9.17, 15) is 19.2 Å². The Bertz CT molecular complexity index is 1190. The molecule has 0 bridgehead atoms. The van der Waals surface area contributed by atoms with Crippen molar-refractivity contribution >= 4 is 29.1 Å². The average Bonchev–Trinajstić information content (AvgIpc) is 2.78. The molecule has 0 radical (unpaired) electrons. The first-order valence-corrected chi connectivity index (χ1v) is 9.21. The summed E-state index contributed by atoms with van der Waals surface area (Å²) >= 11 is 0. The SMILES string of the molecule is C[C@@H](OC(=O)c1ccccn1)C(=O)Nc1ccc2c(c1)C(=O)c1ccccc1C2=O. The van der Waals surface area contributed by atoms with E-state index in [4.69, 9.17) is 4.74 Å². The van der Waals surface area contributed by atoms with Gasteiger partial charge in [0, 0.05) is 34.1 Å². The number of amides is 1. The maximum Gasteiger partial charge on any atom is 0.357 e. The fourth-order valence-electron chi connectivity index (χ4n) is 3.18. The van der Waals surface area contributed by atoms with Gasteiger partial charge in [-0.2, -0.15) is 0 Å². The Kier molecular flexibility index (Phi) is 4.93. The van der Waals surface area contributed by atoms with Crippen molar-refractivity contribution in [2.24, 2.45) is 0 Å². The monoisotopic (exact) mass is 400 g/mol. The van der Waals surface area contributed by atoms with E-state index >= 15 is 0 Å². The fraction of sp³-hybridized carbons (Fsp3) is 0.0870. The first kappa shape index (κ1) is 19.2. The van der Waals surface area contributed by atoms with Crippen LogP contribution in [-0.4, -0.2) is 34.5 Å². The summed E-state index contributed by atoms with van der Waals surface area (Å²) in [6, 6.07) is 15.9. The molecule has 1 aliphatic carbocycles. The molecule has 1 atom stereocenters. The van der Waals surface area contributed by atoms with Crippen molar-refractivity contribution in [3.8, 4) is 0 Å². The van der Waals surface area contributed by atoms with E-state index in [-0.39, 0.29) is 28.4 Å². The van der Waals surface area contributed by atoms with Crippen LogP contribution in [0.2, 0.25) is 0 Å². The van der Waals surface area contributed by atoms with E-state index in [1.54, 1.807) is 36.4 Å². The summed E-state index contributed by atoms with van der Waals surface area (Å²) in [5.41, 5.74) is 1.60. The van der Waals surface area contributed by atoms with E-state index in [1.807, 2.05) is 0 Å². The number of hydrogen-bond donors (Lipinski definition) is 1. The Morgan fingerprint density at radius 1 is 0.867 bits per heavy atom. The maximum atomic E-state index is 12.8. The van der Waals surface area contributed by atoms with Crippen molar-refractivity contribution < 1.29 is 23.9 Å². The molecule has 1 aromatic heterocycles. The summed E-state index contributed by atoms with van der Waals surface area (Å²) in [4.78, 5) is 53.8. The van der Waals surface area contributed by atoms with Crippen molar-refractivity contribution in [3.05, 3.63) is 94.8 Å². The lowest BCUT2D eigenvalue weighted by molar-refractivity contribution is -0.123. The number of esters is 1. The minimum absolute atomic E-state index is 0.0914. The quantitative estimate of drug-likeness (QED) is 0.528. The van der Waals surface area contributed by atoms with E-state index in [2.05, 4.69) is 10.3 Å². The van der Waals surface area contributed by atoms with Gasteiger partial charge in [-0.05, 0) is 37.3 Å². The fourth-order valence-corrected chi connectivity index (χ4v) is 3.18. The molecule has 4 rings (SSSR count). The number of anilines is 1. The summed E-state index contributed by atoms with van der Waals surface area (Å²) in [5, 5.41) is 2.61. The minimum atomic E-state index is -1.09. The van der Waals surface area contributed by atoms with Gasteiger partial charge in [0.1, 0.15) is 5.69 Å². The number of ketones is 2. The molecule has 0 spiro atoms. The molecule has 0 aliphatic heterocycles. The van der Waals surface area contributed by atoms with Crippen molar-refractivity contribution in [1.29, 1.82) is 0 Å². The second kappa shape index (κ2) is 7.71. The van der Waals surface area contributed by atoms with Crippen LogP contribution >= 0.6 is 0 Å². The smallest absolute Gasteiger partial charge is 0.357 e. The first-order chi connectivity index (χ1) is 14.5. The van der Waals surface area contributed by atoms with E-state index < -0.39 is 18.0 Å². The molecule has 1 amide bonds. The van der Waals surface area contributed by atoms with Gasteiger partial charge >= 0.3 is 5.97 Å². The number of hydrogen-bond acceptors (Lipinski definition) is 6. The van der Waals surface area contributed by atoms with Gasteiger partial charge in [-0.3, -0.25) is 14.4 Å². The highest BCUT2D eigenvalue weighted by atomic mass is 16.5. The second-order valence-corrected chi connectivity index (χ2v) is 6.72. The molecular formula is C23H16N2O5. The van der Waals surface area contributed by atoms with Gasteiger partial charge in [0.25, 0.3) is 5.91 Å². The van der Waals surface area contributed by atoms with Gasteiger partial charge in [0.15, 0.2) is 17.7 Å². The van der Waals surface area contributed by atoms with Crippen LogP contribution in [0.4, 0.5) is 5.69 Å². The number of aromatic nitrogens is 1. The third kappa shape index (κ3) is 3.48. The van der Waals surface area contributed by atoms with Crippen LogP contribution in [0.1, 0.15) is 49.3 Å². The predicted octanol–water partition coefficient (Wildman–Crippen LogP) is 3.04. The van der Waals surface area contributed by atoms with Crippen molar-refractivity contribution in [2.45, 2.75) is 13.0 Å². The summed E-state index contributed by atoms with van der Waals surface area (Å²) in [6.45, 7) is 1.43. The summed E-state index contributed by atoms with van der Waals surface area (Å²) in [7, 11) is 0. The maximum absolute atomic E-state index is 12.8. The largest absolute Gasteiger partial charge is 0.448 e. The number of carbonyl (C=O) groups is 4. The Hall–Kier alpha value is -4.13. The molecule has 2 aromatic carbocycles. The zero-order valence-electron chi connectivity index (χ0n) is 15.9. The number of nitrogens with one attached hydrogen (secondary N) is 1. The predicted molar refractivity (Wildman–Crippen MR) is 107 cm³/mol. The van der Waals surface area contributed by atoms with Gasteiger partial charge in [-0.1, -0.05) is 30.3 Å². The van der Waals surface area contributed by atoms with E-state index in [0.29, 0.717) is 16.8 Å². The molecule has 0 saturated heterocycles. The van der Waals surface area contributed by atoms with Crippen LogP contribution < -0.4 is 5.32 Å². The lowest BCUT2D eigenvalue weighted by Crippen LogP contribution is -2.30. The summed E-state index contributed by atoms with van der Waals surface area (Å²) in [6.07, 6.45) is 0.360. The van der Waals surface area contributed by atoms with Crippen LogP contribution in [0.5, 0.6) is 0 Å². The topological polar surface area (TPSA) is 102 Å². The van der Waals surface area contributed by atoms with Crippen LogP contribution in [0.15, 0.2) is 66.9 Å². The Balaban J connectivity index is 1.51. The van der Waals surface area contributed by atoms with Crippen molar-refractivity contribution in [2.75, 3.05) is 5.32 Å². The standard InChI is InChI=1S/C23H16N2O5/c1-13(30-23(29)19-8-4-5-11-24-19)22(28)25-14-9-10-17-18(12-14)21(27)16-7-3-2-6-15(16)20(17)26/h2-13H,1H3,(H,25,28)/t13-/m1/s1. The Labute approximate surface area is 171 Å². The summed E-state index contributed by atoms with van der Waals surface area (Å²) < 4.78 is 5.13. The third-order valence-electron chi connectivity index (χ3n) is 4.72. The van der Waals surface area contributed by atoms with Gasteiger partial charge in [-0.15, -0.1) is 0 Å². The number of benzene rings is 2. The van der Waals surface area contributed by atoms with E-state index in [0.717, 1.165) is 0 Å². The lowest BCUT2D eigenvalue weighted by atomic mass is 9.84. The molecule has 1 N–H and O–H groups in total. The highest BCUT2D eigenvalue weighted by Gasteiger charge is 2.29. The van der Waals surface area contributed by atoms with Crippen molar-refractivity contribution in [1.82, 2.24) is 4.98 Å². The zero-order chi connectivity index (χ0) is 21.3. The van der Waals surface area contributed by atoms with Crippen LogP contribution in [0.3, 0.4) is 0 Å². The number of nitrogens with zero attached hydrogens (tertiary/aromatic N) is 1. The molecule has 148 valence electrons. The molecule has 0 fully saturated rings. The van der Waals surface area contributed by atoms with Crippen molar-refractivity contribution in [3.63, 3.8) is 0 Å². The minimum Gasteiger partial charge on any atom is -0.448 e. The molecule has 1 aliphatic rings. The molecular weight excluding hydrogens is 384 g/mol. The second-order valence-electron chi connectivity index (χ2n) is 6.72. The van der Waals surface area contributed by atoms with Crippen LogP contribution in [-0.2, 0) is 9.53 Å². The highest BCUT2D eigenvalue weighted by Crippen LogP contribution is 2.29. The normalized spacial score (nSPS) is 13.1. The third-order valence-corrected chi connectivity index (χ3v) is 4.72. The zero-order valence-corrected chi connectivity index (χ0v) is 15.9. The number of pyridine rings is 1.